The summed E-state index contributed by atoms with van der Waals surface area (Å²) >= 11 is 6.02. The first-order valence-corrected chi connectivity index (χ1v) is 12.5. The Hall–Kier alpha value is -3.30. The molecule has 2 aromatic carbocycles. The van der Waals surface area contributed by atoms with Crippen molar-refractivity contribution in [1.82, 2.24) is 20.3 Å². The highest BCUT2D eigenvalue weighted by Crippen LogP contribution is 2.30. The molecule has 1 unspecified atom stereocenters. The molecule has 0 aliphatic heterocycles. The lowest BCUT2D eigenvalue weighted by molar-refractivity contribution is -0.149. The molecule has 0 radical (unpaired) electrons. The lowest BCUT2D eigenvalue weighted by atomic mass is 9.79. The number of nitrogens with one attached hydrogen (secondary N) is 1. The molecular weight excluding hydrogens is 499 g/mol. The number of aliphatic carboxylic acids is 1. The lowest BCUT2D eigenvalue weighted by Gasteiger charge is -2.29. The van der Waals surface area contributed by atoms with Crippen LogP contribution in [0.3, 0.4) is 0 Å². The fraction of sp³-hybridized carbons (Fsp3) is 0.407. The number of hydrogen-bond acceptors (Lipinski definition) is 5. The van der Waals surface area contributed by atoms with E-state index < -0.39 is 29.2 Å². The summed E-state index contributed by atoms with van der Waals surface area (Å²) in [4.78, 5) is 25.0. The summed E-state index contributed by atoms with van der Waals surface area (Å²) in [7, 11) is 0. The first-order valence-electron chi connectivity index (χ1n) is 12.1. The Morgan fingerprint density at radius 1 is 1.19 bits per heavy atom. The van der Waals surface area contributed by atoms with Gasteiger partial charge in [-0.15, -0.1) is 5.10 Å². The number of carboxylic acids is 1. The number of amides is 1. The quantitative estimate of drug-likeness (QED) is 0.315. The summed E-state index contributed by atoms with van der Waals surface area (Å²) < 4.78 is 15.9. The second-order valence-electron chi connectivity index (χ2n) is 9.96. The van der Waals surface area contributed by atoms with Crippen LogP contribution in [0.1, 0.15) is 49.7 Å². The molecule has 2 atom stereocenters. The number of benzene rings is 2. The SMILES string of the molecule is CC(C)Cn1cc(C(=O)N[C@H](Cc2ccc(-c3cc(Cl)ccc3F)cc2)CC(C)(CCO)C(=O)O)nn1. The van der Waals surface area contributed by atoms with Crippen LogP contribution in [-0.4, -0.2) is 49.7 Å². The summed E-state index contributed by atoms with van der Waals surface area (Å²) in [6, 6.07) is 10.9. The third kappa shape index (κ3) is 7.60. The Labute approximate surface area is 220 Å². The number of carbonyl (C=O) groups excluding carboxylic acids is 1. The van der Waals surface area contributed by atoms with Gasteiger partial charge in [0.05, 0.1) is 11.6 Å². The Kier molecular flexibility index (Phi) is 9.39. The Morgan fingerprint density at radius 3 is 2.51 bits per heavy atom. The van der Waals surface area contributed by atoms with E-state index in [9.17, 15) is 24.2 Å². The van der Waals surface area contributed by atoms with Crippen LogP contribution in [0.15, 0.2) is 48.7 Å². The molecule has 3 rings (SSSR count). The standard InChI is InChI=1S/C27H32ClFN4O4/c1-17(2)15-33-16-24(31-32-33)25(35)30-21(14-27(3,10-11-34)26(36)37)12-18-4-6-19(7-5-18)22-13-20(28)8-9-23(22)29/h4-9,13,16-17,21,34H,10-12,14-15H2,1-3H3,(H,30,35)(H,36,37)/t21-,27?/m1/s1. The molecule has 1 aromatic heterocycles. The molecule has 1 amide bonds. The second-order valence-corrected chi connectivity index (χ2v) is 10.4. The van der Waals surface area contributed by atoms with E-state index in [1.54, 1.807) is 48.1 Å². The minimum absolute atomic E-state index is 0.0340. The monoisotopic (exact) mass is 530 g/mol. The maximum absolute atomic E-state index is 14.3. The van der Waals surface area contributed by atoms with Crippen molar-refractivity contribution in [2.45, 2.75) is 52.6 Å². The van der Waals surface area contributed by atoms with Crippen molar-refractivity contribution < 1.29 is 24.2 Å². The van der Waals surface area contributed by atoms with Gasteiger partial charge in [-0.25, -0.2) is 4.39 Å². The number of hydrogen-bond donors (Lipinski definition) is 3. The second kappa shape index (κ2) is 12.3. The molecule has 10 heteroatoms. The summed E-state index contributed by atoms with van der Waals surface area (Å²) in [5, 5.41) is 30.6. The average molecular weight is 531 g/mol. The van der Waals surface area contributed by atoms with Crippen molar-refractivity contribution in [3.05, 3.63) is 70.8 Å². The smallest absolute Gasteiger partial charge is 0.309 e. The number of nitrogens with zero attached hydrogens (tertiary/aromatic N) is 3. The molecule has 8 nitrogen and oxygen atoms in total. The van der Waals surface area contributed by atoms with Gasteiger partial charge in [-0.05, 0) is 61.4 Å². The summed E-state index contributed by atoms with van der Waals surface area (Å²) in [6.45, 7) is 5.91. The van der Waals surface area contributed by atoms with Gasteiger partial charge in [0.25, 0.3) is 5.91 Å². The molecule has 0 bridgehead atoms. The number of aromatic nitrogens is 3. The van der Waals surface area contributed by atoms with Crippen LogP contribution in [-0.2, 0) is 17.8 Å². The Morgan fingerprint density at radius 2 is 1.89 bits per heavy atom. The van der Waals surface area contributed by atoms with E-state index in [1.807, 2.05) is 13.8 Å². The summed E-state index contributed by atoms with van der Waals surface area (Å²) in [5.41, 5.74) is 0.705. The first-order chi connectivity index (χ1) is 17.5. The summed E-state index contributed by atoms with van der Waals surface area (Å²) in [5.74, 6) is -1.60. The molecule has 0 fully saturated rings. The van der Waals surface area contributed by atoms with E-state index in [4.69, 9.17) is 11.6 Å². The van der Waals surface area contributed by atoms with Crippen molar-refractivity contribution in [3.8, 4) is 11.1 Å². The molecule has 198 valence electrons. The fourth-order valence-electron chi connectivity index (χ4n) is 4.21. The van der Waals surface area contributed by atoms with Crippen LogP contribution in [0, 0.1) is 17.2 Å². The van der Waals surface area contributed by atoms with Crippen molar-refractivity contribution >= 4 is 23.5 Å². The average Bonchev–Trinajstić information content (AvgIpc) is 3.29. The van der Waals surface area contributed by atoms with E-state index in [2.05, 4.69) is 15.6 Å². The van der Waals surface area contributed by atoms with Gasteiger partial charge in [0.1, 0.15) is 5.82 Å². The van der Waals surface area contributed by atoms with Gasteiger partial charge in [-0.3, -0.25) is 14.3 Å². The van der Waals surface area contributed by atoms with Crippen LogP contribution in [0.5, 0.6) is 0 Å². The predicted molar refractivity (Wildman–Crippen MR) is 139 cm³/mol. The highest BCUT2D eigenvalue weighted by Gasteiger charge is 2.36. The zero-order valence-electron chi connectivity index (χ0n) is 21.1. The molecule has 0 aliphatic rings. The third-order valence-electron chi connectivity index (χ3n) is 6.21. The zero-order valence-corrected chi connectivity index (χ0v) is 21.9. The van der Waals surface area contributed by atoms with E-state index in [1.165, 1.54) is 12.1 Å². The van der Waals surface area contributed by atoms with E-state index in [-0.39, 0.29) is 25.1 Å². The maximum Gasteiger partial charge on any atom is 0.309 e. The maximum atomic E-state index is 14.3. The molecule has 3 aromatic rings. The zero-order chi connectivity index (χ0) is 27.2. The van der Waals surface area contributed by atoms with Gasteiger partial charge in [0.15, 0.2) is 5.69 Å². The molecule has 0 saturated carbocycles. The van der Waals surface area contributed by atoms with Crippen LogP contribution in [0.4, 0.5) is 4.39 Å². The molecule has 0 aliphatic carbocycles. The number of aliphatic hydroxyl groups is 1. The number of aliphatic hydroxyl groups excluding tert-OH is 1. The van der Waals surface area contributed by atoms with Crippen molar-refractivity contribution in [2.24, 2.45) is 11.3 Å². The molecular formula is C27H32ClFN4O4. The van der Waals surface area contributed by atoms with Crippen LogP contribution >= 0.6 is 11.6 Å². The van der Waals surface area contributed by atoms with Gasteiger partial charge < -0.3 is 15.5 Å². The normalized spacial score (nSPS) is 13.8. The van der Waals surface area contributed by atoms with Gasteiger partial charge >= 0.3 is 5.97 Å². The minimum atomic E-state index is -1.26. The van der Waals surface area contributed by atoms with Gasteiger partial charge in [0, 0.05) is 29.8 Å². The van der Waals surface area contributed by atoms with Crippen molar-refractivity contribution in [2.75, 3.05) is 6.61 Å². The van der Waals surface area contributed by atoms with E-state index in [0.717, 1.165) is 5.56 Å². The van der Waals surface area contributed by atoms with Crippen molar-refractivity contribution in [1.29, 1.82) is 0 Å². The van der Waals surface area contributed by atoms with Crippen LogP contribution < -0.4 is 5.32 Å². The third-order valence-corrected chi connectivity index (χ3v) is 6.45. The van der Waals surface area contributed by atoms with E-state index >= 15 is 0 Å². The molecule has 0 spiro atoms. The highest BCUT2D eigenvalue weighted by atomic mass is 35.5. The number of carbonyl (C=O) groups is 2. The molecule has 1 heterocycles. The number of halogens is 2. The predicted octanol–water partition coefficient (Wildman–Crippen LogP) is 4.60. The number of carboxylic acid groups (broad SMARTS) is 1. The lowest BCUT2D eigenvalue weighted by Crippen LogP contribution is -2.43. The van der Waals surface area contributed by atoms with Crippen LogP contribution in [0.2, 0.25) is 5.02 Å². The molecule has 0 saturated heterocycles. The van der Waals surface area contributed by atoms with Crippen molar-refractivity contribution in [3.63, 3.8) is 0 Å². The highest BCUT2D eigenvalue weighted by molar-refractivity contribution is 6.30. The van der Waals surface area contributed by atoms with Gasteiger partial charge in [0.2, 0.25) is 0 Å². The van der Waals surface area contributed by atoms with E-state index in [0.29, 0.717) is 35.0 Å². The topological polar surface area (TPSA) is 117 Å². The molecule has 37 heavy (non-hydrogen) atoms. The number of rotatable bonds is 12. The first kappa shape index (κ1) is 28.3. The Balaban J connectivity index is 1.83. The van der Waals surface area contributed by atoms with Crippen LogP contribution in [0.25, 0.3) is 11.1 Å². The minimum Gasteiger partial charge on any atom is -0.481 e. The van der Waals surface area contributed by atoms with Gasteiger partial charge in [-0.2, -0.15) is 0 Å². The Bertz CT molecular complexity index is 1230. The van der Waals surface area contributed by atoms with Gasteiger partial charge in [-0.1, -0.05) is 54.9 Å². The fourth-order valence-corrected chi connectivity index (χ4v) is 4.38. The summed E-state index contributed by atoms with van der Waals surface area (Å²) in [6.07, 6.45) is 2.00. The largest absolute Gasteiger partial charge is 0.481 e. The molecule has 3 N–H and O–H groups in total.